The fourth-order valence-electron chi connectivity index (χ4n) is 0.349. The van der Waals surface area contributed by atoms with Gasteiger partial charge < -0.3 is 0 Å². The molecule has 0 radical (unpaired) electrons. The lowest BCUT2D eigenvalue weighted by Gasteiger charge is -2.30. The van der Waals surface area contributed by atoms with Crippen LogP contribution in [0, 0.1) is 0 Å². The maximum Gasteiger partial charge on any atom is 0.407 e. The Labute approximate surface area is 102 Å². The summed E-state index contributed by atoms with van der Waals surface area (Å²) >= 11 is 31.1. The minimum Gasteiger partial charge on any atom is -0.169 e. The van der Waals surface area contributed by atoms with Crippen molar-refractivity contribution >= 4 is 74.0 Å². The van der Waals surface area contributed by atoms with E-state index in [1.807, 2.05) is 0 Å². The largest absolute Gasteiger partial charge is 0.407 e. The molecule has 80 valence electrons. The van der Waals surface area contributed by atoms with E-state index >= 15 is 0 Å². The zero-order valence-corrected chi connectivity index (χ0v) is 11.0. The van der Waals surface area contributed by atoms with Crippen LogP contribution < -0.4 is 0 Å². The summed E-state index contributed by atoms with van der Waals surface area (Å²) in [7, 11) is 0. The van der Waals surface area contributed by atoms with E-state index in [9.17, 15) is 13.2 Å². The van der Waals surface area contributed by atoms with Crippen LogP contribution in [0.2, 0.25) is 0 Å². The Hall–Kier alpha value is 1.75. The van der Waals surface area contributed by atoms with Gasteiger partial charge in [-0.3, -0.25) is 0 Å². The van der Waals surface area contributed by atoms with E-state index in [0.29, 0.717) is 0 Å². The summed E-state index contributed by atoms with van der Waals surface area (Å²) in [6.45, 7) is 0. The minimum absolute atomic E-state index is 2.60. The highest BCUT2D eigenvalue weighted by Gasteiger charge is 2.62. The number of rotatable bonds is 2. The lowest BCUT2D eigenvalue weighted by molar-refractivity contribution is -0.129. The number of hydrogen-bond donors (Lipinski definition) is 0. The molecule has 0 rings (SSSR count). The normalized spacial score (nSPS) is 17.3. The average Bonchev–Trinajstić information content (AvgIpc) is 1.81. The van der Waals surface area contributed by atoms with Crippen molar-refractivity contribution in [2.45, 2.75) is 15.5 Å². The summed E-state index contributed by atoms with van der Waals surface area (Å²) in [4.78, 5) is 0. The average molecular weight is 335 g/mol. The summed E-state index contributed by atoms with van der Waals surface area (Å²) < 4.78 is 33.5. The molecule has 0 aliphatic heterocycles. The molecule has 0 nitrogen and oxygen atoms in total. The van der Waals surface area contributed by atoms with Gasteiger partial charge in [0.2, 0.25) is 0 Å². The zero-order chi connectivity index (χ0) is 11.1. The Morgan fingerprint density at radius 1 is 1.00 bits per heavy atom. The monoisotopic (exact) mass is 332 g/mol. The Morgan fingerprint density at radius 3 is 1.38 bits per heavy atom. The molecule has 0 saturated heterocycles. The zero-order valence-electron chi connectivity index (χ0n) is 5.48. The summed E-state index contributed by atoms with van der Waals surface area (Å²) in [5.74, 6) is 0. The molecule has 0 saturated carbocycles. The van der Waals surface area contributed by atoms with Crippen LogP contribution in [-0.2, 0) is 0 Å². The van der Waals surface area contributed by atoms with Crippen molar-refractivity contribution in [2.24, 2.45) is 0 Å². The van der Waals surface area contributed by atoms with Gasteiger partial charge >= 0.3 is 12.2 Å². The Bertz CT molecular complexity index is 185. The van der Waals surface area contributed by atoms with Gasteiger partial charge in [-0.2, -0.15) is 13.2 Å². The van der Waals surface area contributed by atoms with Gasteiger partial charge in [0.25, 0.3) is 0 Å². The van der Waals surface area contributed by atoms with Crippen molar-refractivity contribution in [2.75, 3.05) is 0 Å². The number of hydrogen-bond acceptors (Lipinski definition) is 0. The topological polar surface area (TPSA) is 0 Å². The highest BCUT2D eigenvalue weighted by atomic mass is 35.8. The van der Waals surface area contributed by atoms with Crippen LogP contribution in [0.15, 0.2) is 0 Å². The van der Waals surface area contributed by atoms with Crippen molar-refractivity contribution in [3.63, 3.8) is 0 Å². The van der Waals surface area contributed by atoms with E-state index in [4.69, 9.17) is 68.0 Å². The first-order valence-corrected chi connectivity index (χ1v) is 8.79. The highest BCUT2D eigenvalue weighted by Crippen LogP contribution is 2.50. The van der Waals surface area contributed by atoms with E-state index in [2.05, 4.69) is 0 Å². The molecular weight excluding hydrogens is 334 g/mol. The van der Waals surface area contributed by atoms with Gasteiger partial charge in [0.1, 0.15) is 0 Å². The lowest BCUT2D eigenvalue weighted by atomic mass is 10.4. The molecule has 1 atom stereocenters. The van der Waals surface area contributed by atoms with Crippen molar-refractivity contribution in [1.82, 2.24) is 0 Å². The molecule has 0 aliphatic rings. The summed E-state index contributed by atoms with van der Waals surface area (Å²) in [6, 6.07) is -3.96. The van der Waals surface area contributed by atoms with Crippen molar-refractivity contribution < 1.29 is 13.2 Å². The summed E-state index contributed by atoms with van der Waals surface area (Å²) in [5, 5.41) is -2.61. The number of alkyl halides is 6. The molecule has 0 aromatic rings. The van der Waals surface area contributed by atoms with Gasteiger partial charge in [0.15, 0.2) is 9.33 Å². The molecule has 0 aromatic heterocycles. The van der Waals surface area contributed by atoms with Crippen molar-refractivity contribution in [3.8, 4) is 0 Å². The summed E-state index contributed by atoms with van der Waals surface area (Å²) in [5.41, 5.74) is 0. The summed E-state index contributed by atoms with van der Waals surface area (Å²) in [6.07, 6.45) is -4.82. The Balaban J connectivity index is 4.86. The molecule has 0 aliphatic carbocycles. The SMILES string of the molecule is FC(F)(F)C(Cl)C(Cl)(Cl)[Si](Cl)(Cl)Cl. The molecule has 10 heteroatoms. The molecule has 0 amide bonds. The Kier molecular flexibility index (Phi) is 4.90. The second-order valence-electron chi connectivity index (χ2n) is 2.02. The van der Waals surface area contributed by atoms with Crippen LogP contribution in [0.1, 0.15) is 0 Å². The van der Waals surface area contributed by atoms with Gasteiger partial charge in [0, 0.05) is 0 Å². The van der Waals surface area contributed by atoms with Crippen LogP contribution in [-0.4, -0.2) is 21.5 Å². The molecule has 13 heavy (non-hydrogen) atoms. The predicted octanol–water partition coefficient (Wildman–Crippen LogP) is 4.52. The second kappa shape index (κ2) is 4.32. The number of halogens is 9. The van der Waals surface area contributed by atoms with Gasteiger partial charge in [-0.1, -0.05) is 23.2 Å². The lowest BCUT2D eigenvalue weighted by Crippen LogP contribution is -2.50. The first kappa shape index (κ1) is 14.7. The first-order valence-electron chi connectivity index (χ1n) is 2.56. The van der Waals surface area contributed by atoms with Crippen LogP contribution in [0.5, 0.6) is 0 Å². The van der Waals surface area contributed by atoms with Gasteiger partial charge in [-0.25, -0.2) is 0 Å². The highest BCUT2D eigenvalue weighted by molar-refractivity contribution is 7.68. The van der Waals surface area contributed by atoms with E-state index < -0.39 is 21.5 Å². The van der Waals surface area contributed by atoms with E-state index in [1.165, 1.54) is 0 Å². The molecule has 0 bridgehead atoms. The van der Waals surface area contributed by atoms with Crippen LogP contribution in [0.3, 0.4) is 0 Å². The maximum atomic E-state index is 12.0. The van der Waals surface area contributed by atoms with Crippen LogP contribution in [0.25, 0.3) is 0 Å². The van der Waals surface area contributed by atoms with Crippen molar-refractivity contribution in [3.05, 3.63) is 0 Å². The van der Waals surface area contributed by atoms with Gasteiger partial charge in [0.05, 0.1) is 0 Å². The molecule has 0 fully saturated rings. The third-order valence-electron chi connectivity index (χ3n) is 0.984. The van der Waals surface area contributed by atoms with Gasteiger partial charge in [-0.05, 0) is 0 Å². The standard InChI is InChI=1S/C3HCl6F3Si/c4-1(3(10,11)12)2(5,6)13(7,8)9/h1H. The maximum absolute atomic E-state index is 12.0. The van der Waals surface area contributed by atoms with E-state index in [0.717, 1.165) is 0 Å². The predicted molar refractivity (Wildman–Crippen MR) is 53.4 cm³/mol. The third kappa shape index (κ3) is 3.67. The fourth-order valence-corrected chi connectivity index (χ4v) is 3.02. The molecule has 0 aromatic carbocycles. The second-order valence-corrected chi connectivity index (χ2v) is 13.1. The van der Waals surface area contributed by atoms with Gasteiger partial charge in [-0.15, -0.1) is 44.8 Å². The molecule has 1 unspecified atom stereocenters. The Morgan fingerprint density at radius 2 is 1.31 bits per heavy atom. The third-order valence-corrected chi connectivity index (χ3v) is 9.57. The molecule has 0 spiro atoms. The van der Waals surface area contributed by atoms with Crippen LogP contribution in [0.4, 0.5) is 13.2 Å². The quantitative estimate of drug-likeness (QED) is 0.395. The van der Waals surface area contributed by atoms with Crippen molar-refractivity contribution in [1.29, 1.82) is 0 Å². The fraction of sp³-hybridized carbons (Fsp3) is 1.00. The van der Waals surface area contributed by atoms with Crippen LogP contribution >= 0.6 is 68.0 Å². The van der Waals surface area contributed by atoms with E-state index in [1.54, 1.807) is 0 Å². The minimum atomic E-state index is -4.82. The first-order chi connectivity index (χ1) is 5.40. The molecule has 0 heterocycles. The van der Waals surface area contributed by atoms with E-state index in [-0.39, 0.29) is 0 Å². The molecule has 0 N–H and O–H groups in total. The molecular formula is C3HCl6F3Si. The smallest absolute Gasteiger partial charge is 0.169 e.